The molecule has 114 valence electrons. The summed E-state index contributed by atoms with van der Waals surface area (Å²) in [6, 6.07) is 15.5. The largest absolute Gasteiger partial charge is 0.431 e. The van der Waals surface area contributed by atoms with Crippen LogP contribution in [0.25, 0.3) is 22.2 Å². The maximum absolute atomic E-state index is 5.65. The third kappa shape index (κ3) is 3.28. The summed E-state index contributed by atoms with van der Waals surface area (Å²) in [7, 11) is 0. The molecule has 0 aliphatic heterocycles. The van der Waals surface area contributed by atoms with Crippen molar-refractivity contribution >= 4 is 45.7 Å². The van der Waals surface area contributed by atoms with Crippen LogP contribution in [0.5, 0.6) is 0 Å². The Labute approximate surface area is 141 Å². The van der Waals surface area contributed by atoms with Crippen LogP contribution in [0, 0.1) is 0 Å². The molecule has 0 atom stereocenters. The molecule has 2 aromatic heterocycles. The molecule has 0 aliphatic carbocycles. The van der Waals surface area contributed by atoms with Crippen molar-refractivity contribution in [3.63, 3.8) is 0 Å². The van der Waals surface area contributed by atoms with Crippen molar-refractivity contribution in [2.75, 3.05) is 5.75 Å². The summed E-state index contributed by atoms with van der Waals surface area (Å²) >= 11 is 3.02. The van der Waals surface area contributed by atoms with Crippen LogP contribution in [-0.2, 0) is 0 Å². The highest BCUT2D eigenvalue weighted by Crippen LogP contribution is 2.25. The predicted molar refractivity (Wildman–Crippen MR) is 93.7 cm³/mol. The van der Waals surface area contributed by atoms with Gasteiger partial charge in [-0.3, -0.25) is 0 Å². The highest BCUT2D eigenvalue weighted by atomic mass is 32.2. The van der Waals surface area contributed by atoms with Crippen LogP contribution in [0.1, 0.15) is 0 Å². The average molecular weight is 340 g/mol. The molecule has 23 heavy (non-hydrogen) atoms. The fourth-order valence-corrected chi connectivity index (χ4v) is 3.45. The number of oxazole rings is 2. The van der Waals surface area contributed by atoms with Crippen LogP contribution < -0.4 is 0 Å². The summed E-state index contributed by atoms with van der Waals surface area (Å²) in [6.45, 7) is 0. The van der Waals surface area contributed by atoms with Gasteiger partial charge in [-0.2, -0.15) is 0 Å². The zero-order valence-corrected chi connectivity index (χ0v) is 13.6. The van der Waals surface area contributed by atoms with Crippen molar-refractivity contribution in [3.8, 4) is 0 Å². The molecule has 0 saturated carbocycles. The quantitative estimate of drug-likeness (QED) is 0.455. The minimum Gasteiger partial charge on any atom is -0.431 e. The highest BCUT2D eigenvalue weighted by molar-refractivity contribution is 8.02. The van der Waals surface area contributed by atoms with Gasteiger partial charge in [0.25, 0.3) is 10.4 Å². The van der Waals surface area contributed by atoms with Crippen LogP contribution in [0.3, 0.4) is 0 Å². The fourth-order valence-electron chi connectivity index (χ4n) is 2.08. The van der Waals surface area contributed by atoms with Gasteiger partial charge in [0.2, 0.25) is 0 Å². The third-order valence-corrected chi connectivity index (χ3v) is 4.60. The van der Waals surface area contributed by atoms with Gasteiger partial charge >= 0.3 is 0 Å². The molecule has 0 fully saturated rings. The standard InChI is InChI=1S/C17H12N2O2S2/c1-3-8-14-12(6-1)18-16(20-14)22-10-5-11-23-17-19-13-7-2-4-9-15(13)21-17/h1-10H,11H2/b10-5+. The summed E-state index contributed by atoms with van der Waals surface area (Å²) in [5.74, 6) is 0.778. The summed E-state index contributed by atoms with van der Waals surface area (Å²) in [5.41, 5.74) is 3.40. The van der Waals surface area contributed by atoms with Crippen molar-refractivity contribution in [2.24, 2.45) is 0 Å². The van der Waals surface area contributed by atoms with Crippen LogP contribution in [0.15, 0.2) is 79.3 Å². The third-order valence-electron chi connectivity index (χ3n) is 3.12. The molecule has 0 radical (unpaired) electrons. The van der Waals surface area contributed by atoms with E-state index in [0.29, 0.717) is 10.4 Å². The van der Waals surface area contributed by atoms with E-state index in [1.165, 1.54) is 11.8 Å². The second-order valence-corrected chi connectivity index (χ2v) is 6.52. The van der Waals surface area contributed by atoms with Gasteiger partial charge in [-0.05, 0) is 41.4 Å². The Balaban J connectivity index is 1.34. The smallest absolute Gasteiger partial charge is 0.261 e. The van der Waals surface area contributed by atoms with Gasteiger partial charge < -0.3 is 8.83 Å². The van der Waals surface area contributed by atoms with Gasteiger partial charge in [-0.1, -0.05) is 42.1 Å². The van der Waals surface area contributed by atoms with Gasteiger partial charge in [-0.25, -0.2) is 9.97 Å². The summed E-state index contributed by atoms with van der Waals surface area (Å²) in [6.07, 6.45) is 2.04. The fraction of sp³-hybridized carbons (Fsp3) is 0.0588. The lowest BCUT2D eigenvalue weighted by Gasteiger charge is -1.89. The van der Waals surface area contributed by atoms with Crippen molar-refractivity contribution in [2.45, 2.75) is 10.4 Å². The van der Waals surface area contributed by atoms with Crippen LogP contribution in [-0.4, -0.2) is 15.7 Å². The minimum absolute atomic E-state index is 0.648. The number of benzene rings is 2. The molecule has 4 nitrogen and oxygen atoms in total. The number of rotatable bonds is 5. The van der Waals surface area contributed by atoms with Gasteiger partial charge in [-0.15, -0.1) is 0 Å². The Morgan fingerprint density at radius 2 is 1.43 bits per heavy atom. The molecule has 0 unspecified atom stereocenters. The normalized spacial score (nSPS) is 11.8. The first-order valence-corrected chi connectivity index (χ1v) is 8.91. The number of fused-ring (bicyclic) bond motifs is 2. The Bertz CT molecular complexity index is 909. The second-order valence-electron chi connectivity index (χ2n) is 4.70. The predicted octanol–water partition coefficient (Wildman–Crippen LogP) is 5.37. The summed E-state index contributed by atoms with van der Waals surface area (Å²) in [5, 5.41) is 3.30. The number of aromatic nitrogens is 2. The maximum Gasteiger partial charge on any atom is 0.261 e. The maximum atomic E-state index is 5.65. The van der Waals surface area contributed by atoms with Crippen molar-refractivity contribution in [3.05, 3.63) is 60.0 Å². The molecule has 0 N–H and O–H groups in total. The molecule has 2 heterocycles. The van der Waals surface area contributed by atoms with E-state index in [4.69, 9.17) is 8.83 Å². The van der Waals surface area contributed by atoms with Crippen molar-refractivity contribution < 1.29 is 8.83 Å². The van der Waals surface area contributed by atoms with Gasteiger partial charge in [0.1, 0.15) is 11.0 Å². The molecule has 0 bridgehead atoms. The van der Waals surface area contributed by atoms with E-state index in [1.807, 2.05) is 60.0 Å². The first-order chi connectivity index (χ1) is 11.4. The zero-order valence-electron chi connectivity index (χ0n) is 12.0. The van der Waals surface area contributed by atoms with Crippen molar-refractivity contribution in [1.82, 2.24) is 9.97 Å². The SMILES string of the molecule is C(=C\Sc1nc2ccccc2o1)/CSc1nc2ccccc2o1. The van der Waals surface area contributed by atoms with E-state index >= 15 is 0 Å². The minimum atomic E-state index is 0.648. The molecule has 6 heteroatoms. The van der Waals surface area contributed by atoms with E-state index in [2.05, 4.69) is 9.97 Å². The first kappa shape index (κ1) is 14.4. The number of thioether (sulfide) groups is 2. The number of hydrogen-bond acceptors (Lipinski definition) is 6. The molecule has 2 aromatic carbocycles. The van der Waals surface area contributed by atoms with E-state index in [1.54, 1.807) is 11.8 Å². The highest BCUT2D eigenvalue weighted by Gasteiger charge is 2.05. The Morgan fingerprint density at radius 3 is 2.13 bits per heavy atom. The number of hydrogen-bond donors (Lipinski definition) is 0. The van der Waals surface area contributed by atoms with Crippen molar-refractivity contribution in [1.29, 1.82) is 0 Å². The molecule has 0 aliphatic rings. The topological polar surface area (TPSA) is 52.1 Å². The monoisotopic (exact) mass is 340 g/mol. The average Bonchev–Trinajstić information content (AvgIpc) is 3.17. The first-order valence-electron chi connectivity index (χ1n) is 7.04. The second kappa shape index (κ2) is 6.52. The Kier molecular flexibility index (Phi) is 4.08. The lowest BCUT2D eigenvalue weighted by atomic mass is 10.3. The molecule has 4 aromatic rings. The van der Waals surface area contributed by atoms with Gasteiger partial charge in [0.15, 0.2) is 11.2 Å². The lowest BCUT2D eigenvalue weighted by Crippen LogP contribution is -1.72. The summed E-state index contributed by atoms with van der Waals surface area (Å²) < 4.78 is 11.3. The van der Waals surface area contributed by atoms with Gasteiger partial charge in [0, 0.05) is 5.75 Å². The Morgan fingerprint density at radius 1 is 0.826 bits per heavy atom. The summed E-state index contributed by atoms with van der Waals surface area (Å²) in [4.78, 5) is 8.83. The number of nitrogens with zero attached hydrogens (tertiary/aromatic N) is 2. The zero-order chi connectivity index (χ0) is 15.5. The van der Waals surface area contributed by atoms with Gasteiger partial charge in [0.05, 0.1) is 0 Å². The molecule has 0 amide bonds. The van der Waals surface area contributed by atoms with Crippen LogP contribution in [0.4, 0.5) is 0 Å². The number of para-hydroxylation sites is 4. The van der Waals surface area contributed by atoms with Crippen LogP contribution in [0.2, 0.25) is 0 Å². The Hall–Kier alpha value is -2.18. The van der Waals surface area contributed by atoms with E-state index in [0.717, 1.165) is 28.0 Å². The van der Waals surface area contributed by atoms with E-state index < -0.39 is 0 Å². The molecular formula is C17H12N2O2S2. The van der Waals surface area contributed by atoms with E-state index in [9.17, 15) is 0 Å². The lowest BCUT2D eigenvalue weighted by molar-refractivity contribution is 0.490. The van der Waals surface area contributed by atoms with Crippen LogP contribution >= 0.6 is 23.5 Å². The molecule has 4 rings (SSSR count). The molecule has 0 saturated heterocycles. The molecule has 0 spiro atoms. The molecular weight excluding hydrogens is 328 g/mol. The van der Waals surface area contributed by atoms with E-state index in [-0.39, 0.29) is 0 Å².